The highest BCUT2D eigenvalue weighted by molar-refractivity contribution is 5.91. The zero-order chi connectivity index (χ0) is 20.3. The fourth-order valence-electron chi connectivity index (χ4n) is 5.69. The second-order valence-electron chi connectivity index (χ2n) is 10.1. The van der Waals surface area contributed by atoms with Crippen LogP contribution in [0.4, 0.5) is 0 Å². The van der Waals surface area contributed by atoms with Gasteiger partial charge in [-0.3, -0.25) is 4.98 Å². The molecule has 0 spiro atoms. The maximum absolute atomic E-state index is 4.50. The predicted molar refractivity (Wildman–Crippen MR) is 121 cm³/mol. The summed E-state index contributed by atoms with van der Waals surface area (Å²) >= 11 is 0. The standard InChI is InChI=1S/C26H33N3/c1-16-6-7-18(15-27-16)12-13-29-22-11-9-20(26(3,4)5)17(2)24(22)25-21-10-8-19(28-21)14-23(25)29/h6-7,9,11,15,19,21,28H,8,10,12-14H2,1-5H3. The van der Waals surface area contributed by atoms with Crippen LogP contribution in [0, 0.1) is 13.8 Å². The molecule has 2 unspecified atom stereocenters. The predicted octanol–water partition coefficient (Wildman–Crippen LogP) is 5.54. The quantitative estimate of drug-likeness (QED) is 0.639. The molecule has 1 saturated heterocycles. The molecule has 29 heavy (non-hydrogen) atoms. The lowest BCUT2D eigenvalue weighted by molar-refractivity contribution is 0.495. The van der Waals surface area contributed by atoms with E-state index in [0.29, 0.717) is 12.1 Å². The van der Waals surface area contributed by atoms with E-state index in [1.807, 2.05) is 6.20 Å². The fourth-order valence-corrected chi connectivity index (χ4v) is 5.69. The second kappa shape index (κ2) is 6.70. The van der Waals surface area contributed by atoms with E-state index in [1.165, 1.54) is 40.4 Å². The van der Waals surface area contributed by atoms with Crippen LogP contribution in [0.25, 0.3) is 10.9 Å². The van der Waals surface area contributed by atoms with E-state index in [9.17, 15) is 0 Å². The molecule has 2 aliphatic heterocycles. The number of aromatic nitrogens is 2. The number of rotatable bonds is 3. The lowest BCUT2D eigenvalue weighted by atomic mass is 9.82. The average molecular weight is 388 g/mol. The number of nitrogens with zero attached hydrogens (tertiary/aromatic N) is 2. The molecule has 3 nitrogen and oxygen atoms in total. The highest BCUT2D eigenvalue weighted by atomic mass is 15.1. The van der Waals surface area contributed by atoms with Crippen LogP contribution >= 0.6 is 0 Å². The van der Waals surface area contributed by atoms with Gasteiger partial charge in [0, 0.05) is 53.5 Å². The van der Waals surface area contributed by atoms with Crippen LogP contribution in [-0.2, 0) is 24.8 Å². The molecule has 1 fully saturated rings. The molecule has 3 aromatic rings. The Morgan fingerprint density at radius 2 is 1.93 bits per heavy atom. The minimum Gasteiger partial charge on any atom is -0.344 e. The van der Waals surface area contributed by atoms with Gasteiger partial charge in [-0.15, -0.1) is 0 Å². The number of hydrogen-bond acceptors (Lipinski definition) is 2. The van der Waals surface area contributed by atoms with Gasteiger partial charge in [0.2, 0.25) is 0 Å². The van der Waals surface area contributed by atoms with Crippen molar-refractivity contribution in [1.82, 2.24) is 14.9 Å². The Hall–Kier alpha value is -2.13. The van der Waals surface area contributed by atoms with E-state index in [4.69, 9.17) is 0 Å². The number of pyridine rings is 1. The van der Waals surface area contributed by atoms with Gasteiger partial charge in [-0.2, -0.15) is 0 Å². The first kappa shape index (κ1) is 18.9. The van der Waals surface area contributed by atoms with Gasteiger partial charge in [0.15, 0.2) is 0 Å². The molecule has 0 radical (unpaired) electrons. The molecule has 2 atom stereocenters. The summed E-state index contributed by atoms with van der Waals surface area (Å²) in [4.78, 5) is 4.50. The zero-order valence-corrected chi connectivity index (χ0v) is 18.5. The van der Waals surface area contributed by atoms with Gasteiger partial charge in [0.05, 0.1) is 0 Å². The van der Waals surface area contributed by atoms with Gasteiger partial charge in [-0.25, -0.2) is 0 Å². The summed E-state index contributed by atoms with van der Waals surface area (Å²) in [7, 11) is 0. The molecule has 2 bridgehead atoms. The first-order valence-corrected chi connectivity index (χ1v) is 11.2. The number of benzene rings is 1. The molecule has 4 heterocycles. The van der Waals surface area contributed by atoms with E-state index < -0.39 is 0 Å². The Morgan fingerprint density at radius 3 is 2.66 bits per heavy atom. The van der Waals surface area contributed by atoms with Crippen LogP contribution < -0.4 is 5.32 Å². The van der Waals surface area contributed by atoms with Crippen molar-refractivity contribution in [2.75, 3.05) is 0 Å². The number of aryl methyl sites for hydroxylation is 4. The molecule has 1 N–H and O–H groups in total. The first-order chi connectivity index (χ1) is 13.8. The Bertz CT molecular complexity index is 1070. The lowest BCUT2D eigenvalue weighted by Crippen LogP contribution is -2.32. The van der Waals surface area contributed by atoms with E-state index in [2.05, 4.69) is 73.8 Å². The maximum Gasteiger partial charge on any atom is 0.0489 e. The molecule has 152 valence electrons. The number of hydrogen-bond donors (Lipinski definition) is 1. The van der Waals surface area contributed by atoms with E-state index >= 15 is 0 Å². The van der Waals surface area contributed by atoms with Crippen LogP contribution in [0.2, 0.25) is 0 Å². The number of nitrogens with one attached hydrogen (secondary N) is 1. The van der Waals surface area contributed by atoms with Crippen LogP contribution in [0.5, 0.6) is 0 Å². The highest BCUT2D eigenvalue weighted by Gasteiger charge is 2.37. The minimum absolute atomic E-state index is 0.168. The normalized spacial score (nSPS) is 21.0. The third kappa shape index (κ3) is 3.11. The van der Waals surface area contributed by atoms with Gasteiger partial charge >= 0.3 is 0 Å². The van der Waals surface area contributed by atoms with Crippen molar-refractivity contribution in [3.05, 3.63) is 64.1 Å². The Morgan fingerprint density at radius 1 is 1.10 bits per heavy atom. The molecule has 3 heteroatoms. The lowest BCUT2D eigenvalue weighted by Gasteiger charge is -2.25. The molecule has 2 aliphatic rings. The third-order valence-corrected chi connectivity index (χ3v) is 7.07. The Kier molecular flexibility index (Phi) is 4.36. The highest BCUT2D eigenvalue weighted by Crippen LogP contribution is 2.44. The van der Waals surface area contributed by atoms with E-state index in [0.717, 1.165) is 25.1 Å². The molecular weight excluding hydrogens is 354 g/mol. The topological polar surface area (TPSA) is 29.9 Å². The number of fused-ring (bicyclic) bond motifs is 6. The van der Waals surface area contributed by atoms with Gasteiger partial charge in [-0.1, -0.05) is 32.9 Å². The van der Waals surface area contributed by atoms with Crippen molar-refractivity contribution >= 4 is 10.9 Å². The van der Waals surface area contributed by atoms with Crippen molar-refractivity contribution in [3.63, 3.8) is 0 Å². The minimum atomic E-state index is 0.168. The molecule has 1 aromatic carbocycles. The molecule has 5 rings (SSSR count). The van der Waals surface area contributed by atoms with Gasteiger partial charge < -0.3 is 9.88 Å². The van der Waals surface area contributed by atoms with Crippen molar-refractivity contribution in [3.8, 4) is 0 Å². The summed E-state index contributed by atoms with van der Waals surface area (Å²) in [5, 5.41) is 5.41. The summed E-state index contributed by atoms with van der Waals surface area (Å²) in [6, 6.07) is 10.3. The van der Waals surface area contributed by atoms with Crippen LogP contribution in [0.1, 0.15) is 73.3 Å². The van der Waals surface area contributed by atoms with Crippen molar-refractivity contribution < 1.29 is 0 Å². The summed E-state index contributed by atoms with van der Waals surface area (Å²) in [5.41, 5.74) is 10.1. The van der Waals surface area contributed by atoms with Crippen molar-refractivity contribution in [2.24, 2.45) is 0 Å². The van der Waals surface area contributed by atoms with Crippen LogP contribution in [0.15, 0.2) is 30.5 Å². The van der Waals surface area contributed by atoms with E-state index in [-0.39, 0.29) is 5.41 Å². The molecule has 2 aromatic heterocycles. The summed E-state index contributed by atoms with van der Waals surface area (Å²) < 4.78 is 2.64. The van der Waals surface area contributed by atoms with Crippen molar-refractivity contribution in [2.45, 2.75) is 84.3 Å². The van der Waals surface area contributed by atoms with Gasteiger partial charge in [0.25, 0.3) is 0 Å². The first-order valence-electron chi connectivity index (χ1n) is 11.2. The molecule has 0 saturated carbocycles. The monoisotopic (exact) mass is 387 g/mol. The largest absolute Gasteiger partial charge is 0.344 e. The molecule has 0 amide bonds. The Labute approximate surface area is 174 Å². The fraction of sp³-hybridized carbons (Fsp3) is 0.500. The summed E-state index contributed by atoms with van der Waals surface area (Å²) in [6.07, 6.45) is 6.82. The van der Waals surface area contributed by atoms with E-state index in [1.54, 1.807) is 11.3 Å². The summed E-state index contributed by atoms with van der Waals surface area (Å²) in [5.74, 6) is 0. The van der Waals surface area contributed by atoms with Crippen LogP contribution in [0.3, 0.4) is 0 Å². The van der Waals surface area contributed by atoms with Crippen LogP contribution in [-0.4, -0.2) is 15.6 Å². The van der Waals surface area contributed by atoms with Gasteiger partial charge in [-0.05, 0) is 72.9 Å². The zero-order valence-electron chi connectivity index (χ0n) is 18.5. The second-order valence-corrected chi connectivity index (χ2v) is 10.1. The van der Waals surface area contributed by atoms with Gasteiger partial charge in [0.1, 0.15) is 0 Å². The average Bonchev–Trinajstić information content (AvgIpc) is 3.20. The smallest absolute Gasteiger partial charge is 0.0489 e. The SMILES string of the molecule is Cc1ccc(CCn2c3c(c4c(C)c(C(C)(C)C)ccc42)C2CCC(C3)N2)cn1. The Balaban J connectivity index is 1.64. The third-order valence-electron chi connectivity index (χ3n) is 7.07. The van der Waals surface area contributed by atoms with Crippen molar-refractivity contribution in [1.29, 1.82) is 0 Å². The molecular formula is C26H33N3. The maximum atomic E-state index is 4.50. The molecule has 0 aliphatic carbocycles. The summed E-state index contributed by atoms with van der Waals surface area (Å²) in [6.45, 7) is 12.4.